The highest BCUT2D eigenvalue weighted by atomic mass is 35.5. The molecule has 1 fully saturated rings. The van der Waals surface area contributed by atoms with Gasteiger partial charge in [-0.25, -0.2) is 0 Å². The molecule has 0 aromatic carbocycles. The summed E-state index contributed by atoms with van der Waals surface area (Å²) < 4.78 is 1.73. The van der Waals surface area contributed by atoms with Crippen molar-refractivity contribution in [1.82, 2.24) is 20.3 Å². The van der Waals surface area contributed by atoms with E-state index in [-0.39, 0.29) is 24.4 Å². The van der Waals surface area contributed by atoms with Crippen molar-refractivity contribution in [3.8, 4) is 0 Å². The number of hydrogen-bond donors (Lipinski definition) is 2. The van der Waals surface area contributed by atoms with Crippen molar-refractivity contribution in [1.29, 1.82) is 0 Å². The number of nitrogens with zero attached hydrogens (tertiary/aromatic N) is 3. The molecular formula is C13H24ClN5O. The second kappa shape index (κ2) is 7.59. The average molecular weight is 302 g/mol. The molecule has 1 aromatic heterocycles. The molecule has 1 aliphatic carbocycles. The summed E-state index contributed by atoms with van der Waals surface area (Å²) in [4.78, 5) is 12.0. The van der Waals surface area contributed by atoms with Crippen LogP contribution < -0.4 is 11.1 Å². The van der Waals surface area contributed by atoms with Gasteiger partial charge in [0, 0.05) is 19.1 Å². The Morgan fingerprint density at radius 2 is 2.25 bits per heavy atom. The van der Waals surface area contributed by atoms with Crippen LogP contribution in [-0.2, 0) is 6.54 Å². The zero-order valence-electron chi connectivity index (χ0n) is 12.1. The monoisotopic (exact) mass is 301 g/mol. The smallest absolute Gasteiger partial charge is 0.273 e. The molecule has 6 nitrogen and oxygen atoms in total. The Balaban J connectivity index is 0.00000200. The number of halogens is 1. The maximum atomic E-state index is 12.0. The van der Waals surface area contributed by atoms with Crippen LogP contribution in [0.15, 0.2) is 6.20 Å². The summed E-state index contributed by atoms with van der Waals surface area (Å²) in [5.74, 6) is 0.987. The van der Waals surface area contributed by atoms with Crippen LogP contribution in [0, 0.1) is 11.8 Å². The zero-order chi connectivity index (χ0) is 13.8. The Morgan fingerprint density at radius 1 is 1.55 bits per heavy atom. The first-order valence-electron chi connectivity index (χ1n) is 7.01. The van der Waals surface area contributed by atoms with Gasteiger partial charge in [-0.3, -0.25) is 9.48 Å². The zero-order valence-corrected chi connectivity index (χ0v) is 12.9. The second-order valence-corrected chi connectivity index (χ2v) is 5.70. The van der Waals surface area contributed by atoms with Crippen molar-refractivity contribution in [2.75, 3.05) is 6.54 Å². The molecule has 7 heteroatoms. The van der Waals surface area contributed by atoms with Crippen LogP contribution in [0.2, 0.25) is 0 Å². The maximum Gasteiger partial charge on any atom is 0.273 e. The van der Waals surface area contributed by atoms with E-state index in [0.29, 0.717) is 24.1 Å². The van der Waals surface area contributed by atoms with Gasteiger partial charge < -0.3 is 11.1 Å². The van der Waals surface area contributed by atoms with Gasteiger partial charge in [-0.15, -0.1) is 17.5 Å². The van der Waals surface area contributed by atoms with Crippen molar-refractivity contribution >= 4 is 18.3 Å². The lowest BCUT2D eigenvalue weighted by molar-refractivity contribution is 0.0928. The molecule has 0 spiro atoms. The van der Waals surface area contributed by atoms with E-state index in [9.17, 15) is 4.79 Å². The molecule has 0 bridgehead atoms. The molecule has 0 radical (unpaired) electrons. The predicted molar refractivity (Wildman–Crippen MR) is 79.8 cm³/mol. The van der Waals surface area contributed by atoms with E-state index < -0.39 is 0 Å². The molecule has 1 aliphatic rings. The minimum atomic E-state index is -0.168. The minimum Gasteiger partial charge on any atom is -0.346 e. The molecule has 2 rings (SSSR count). The lowest BCUT2D eigenvalue weighted by Gasteiger charge is -2.14. The topological polar surface area (TPSA) is 85.8 Å². The van der Waals surface area contributed by atoms with Crippen molar-refractivity contribution in [2.24, 2.45) is 17.6 Å². The lowest BCUT2D eigenvalue weighted by atomic mass is 10.1. The fourth-order valence-electron chi connectivity index (χ4n) is 2.01. The Bertz CT molecular complexity index is 430. The number of amides is 1. The van der Waals surface area contributed by atoms with Gasteiger partial charge in [0.2, 0.25) is 0 Å². The first-order chi connectivity index (χ1) is 9.10. The Kier molecular flexibility index (Phi) is 6.42. The third-order valence-corrected chi connectivity index (χ3v) is 3.47. The SMILES string of the molecule is CC(C)CCn1cc(C(=O)NC(CN)C2CC2)nn1.Cl. The Hall–Kier alpha value is -1.14. The lowest BCUT2D eigenvalue weighted by Crippen LogP contribution is -2.41. The van der Waals surface area contributed by atoms with Crippen LogP contribution in [0.4, 0.5) is 0 Å². The van der Waals surface area contributed by atoms with E-state index in [0.717, 1.165) is 25.8 Å². The third-order valence-electron chi connectivity index (χ3n) is 3.47. The number of carbonyl (C=O) groups excluding carboxylic acids is 1. The van der Waals surface area contributed by atoms with E-state index >= 15 is 0 Å². The van der Waals surface area contributed by atoms with Crippen molar-refractivity contribution in [2.45, 2.75) is 45.7 Å². The molecule has 0 aliphatic heterocycles. The molecular weight excluding hydrogens is 278 g/mol. The van der Waals surface area contributed by atoms with E-state index in [1.165, 1.54) is 0 Å². The summed E-state index contributed by atoms with van der Waals surface area (Å²) >= 11 is 0. The standard InChI is InChI=1S/C13H23N5O.ClH/c1-9(2)5-6-18-8-12(16-17-18)13(19)15-11(7-14)10-3-4-10;/h8-11H,3-7,14H2,1-2H3,(H,15,19);1H. The molecule has 1 aromatic rings. The summed E-state index contributed by atoms with van der Waals surface area (Å²) in [6.07, 6.45) is 5.04. The molecule has 1 unspecified atom stereocenters. The van der Waals surface area contributed by atoms with Crippen LogP contribution in [0.3, 0.4) is 0 Å². The van der Waals surface area contributed by atoms with Crippen LogP contribution in [0.1, 0.15) is 43.6 Å². The summed E-state index contributed by atoms with van der Waals surface area (Å²) in [6, 6.07) is 0.0771. The molecule has 3 N–H and O–H groups in total. The predicted octanol–water partition coefficient (Wildman–Crippen LogP) is 1.21. The highest BCUT2D eigenvalue weighted by molar-refractivity contribution is 5.92. The number of aryl methyl sites for hydroxylation is 1. The summed E-state index contributed by atoms with van der Waals surface area (Å²) in [6.45, 7) is 5.59. The molecule has 0 saturated heterocycles. The van der Waals surface area contributed by atoms with Crippen LogP contribution in [-0.4, -0.2) is 33.5 Å². The number of nitrogens with two attached hydrogens (primary N) is 1. The highest BCUT2D eigenvalue weighted by Gasteiger charge is 2.31. The third kappa shape index (κ3) is 4.76. The van der Waals surface area contributed by atoms with E-state index in [1.54, 1.807) is 10.9 Å². The van der Waals surface area contributed by atoms with Crippen LogP contribution >= 0.6 is 12.4 Å². The first-order valence-corrected chi connectivity index (χ1v) is 7.01. The highest BCUT2D eigenvalue weighted by Crippen LogP contribution is 2.32. The second-order valence-electron chi connectivity index (χ2n) is 5.70. The Labute approximate surface area is 125 Å². The summed E-state index contributed by atoms with van der Waals surface area (Å²) in [7, 11) is 0. The molecule has 1 amide bonds. The van der Waals surface area contributed by atoms with E-state index in [2.05, 4.69) is 29.5 Å². The van der Waals surface area contributed by atoms with Gasteiger partial charge in [-0.2, -0.15) is 0 Å². The van der Waals surface area contributed by atoms with E-state index in [1.807, 2.05) is 0 Å². The quantitative estimate of drug-likeness (QED) is 0.793. The van der Waals surface area contributed by atoms with E-state index in [4.69, 9.17) is 5.73 Å². The van der Waals surface area contributed by atoms with Gasteiger partial charge >= 0.3 is 0 Å². The fraction of sp³-hybridized carbons (Fsp3) is 0.769. The Morgan fingerprint density at radius 3 is 2.80 bits per heavy atom. The van der Waals surface area contributed by atoms with Gasteiger partial charge in [-0.1, -0.05) is 19.1 Å². The number of carbonyl (C=O) groups is 1. The largest absolute Gasteiger partial charge is 0.346 e. The van der Waals surface area contributed by atoms with Gasteiger partial charge in [0.1, 0.15) is 0 Å². The summed E-state index contributed by atoms with van der Waals surface area (Å²) in [5, 5.41) is 10.8. The van der Waals surface area contributed by atoms with Gasteiger partial charge in [0.25, 0.3) is 5.91 Å². The normalized spacial score (nSPS) is 15.8. The van der Waals surface area contributed by atoms with Crippen molar-refractivity contribution in [3.63, 3.8) is 0 Å². The van der Waals surface area contributed by atoms with Crippen LogP contribution in [0.25, 0.3) is 0 Å². The first kappa shape index (κ1) is 16.9. The summed E-state index contributed by atoms with van der Waals surface area (Å²) in [5.41, 5.74) is 6.05. The molecule has 114 valence electrons. The fourth-order valence-corrected chi connectivity index (χ4v) is 2.01. The number of rotatable bonds is 7. The van der Waals surface area contributed by atoms with Crippen molar-refractivity contribution in [3.05, 3.63) is 11.9 Å². The van der Waals surface area contributed by atoms with Crippen LogP contribution in [0.5, 0.6) is 0 Å². The molecule has 1 heterocycles. The van der Waals surface area contributed by atoms with Crippen molar-refractivity contribution < 1.29 is 4.79 Å². The average Bonchev–Trinajstić information content (AvgIpc) is 3.11. The number of aromatic nitrogens is 3. The number of nitrogens with one attached hydrogen (secondary N) is 1. The van der Waals surface area contributed by atoms with Gasteiger partial charge in [0.15, 0.2) is 5.69 Å². The van der Waals surface area contributed by atoms with Gasteiger partial charge in [-0.05, 0) is 31.1 Å². The van der Waals surface area contributed by atoms with Gasteiger partial charge in [0.05, 0.1) is 6.20 Å². The molecule has 20 heavy (non-hydrogen) atoms. The molecule has 1 saturated carbocycles. The maximum absolute atomic E-state index is 12.0. The minimum absolute atomic E-state index is 0. The number of hydrogen-bond acceptors (Lipinski definition) is 4. The molecule has 1 atom stereocenters.